The van der Waals surface area contributed by atoms with Gasteiger partial charge in [-0.25, -0.2) is 4.79 Å². The molecule has 0 spiro atoms. The van der Waals surface area contributed by atoms with E-state index in [0.717, 1.165) is 38.6 Å². The van der Waals surface area contributed by atoms with Crippen molar-refractivity contribution in [2.45, 2.75) is 38.1 Å². The molecule has 0 saturated heterocycles. The van der Waals surface area contributed by atoms with E-state index in [0.29, 0.717) is 0 Å². The predicted octanol–water partition coefficient (Wildman–Crippen LogP) is 0.0690. The van der Waals surface area contributed by atoms with Gasteiger partial charge in [0, 0.05) is 12.6 Å². The van der Waals surface area contributed by atoms with Crippen molar-refractivity contribution in [1.82, 2.24) is 15.5 Å². The highest BCUT2D eigenvalue weighted by Gasteiger charge is 2.23. The Morgan fingerprint density at radius 2 is 2.00 bits per heavy atom. The topological polar surface area (TPSA) is 81.7 Å². The van der Waals surface area contributed by atoms with Crippen LogP contribution < -0.4 is 10.6 Å². The van der Waals surface area contributed by atoms with Gasteiger partial charge in [-0.15, -0.1) is 0 Å². The van der Waals surface area contributed by atoms with Crippen LogP contribution in [-0.4, -0.2) is 54.7 Å². The summed E-state index contributed by atoms with van der Waals surface area (Å²) in [6, 6.07) is -0.134. The van der Waals surface area contributed by atoms with E-state index in [2.05, 4.69) is 10.6 Å². The van der Waals surface area contributed by atoms with Crippen LogP contribution in [0.25, 0.3) is 0 Å². The smallest absolute Gasteiger partial charge is 0.321 e. The van der Waals surface area contributed by atoms with Crippen LogP contribution in [0, 0.1) is 0 Å². The number of nitrogens with one attached hydrogen (secondary N) is 2. The standard InChI is InChI=1S/C12H23N3O3/c1-15(7-3-2-4-8-16)9-11(17)14-12(18)13-10-5-6-10/h10,16H,2-9H2,1H3,(H2,13,14,17,18). The number of hydrogen-bond donors (Lipinski definition) is 3. The molecule has 0 aromatic heterocycles. The third-order valence-corrected chi connectivity index (χ3v) is 2.78. The van der Waals surface area contributed by atoms with Gasteiger partial charge >= 0.3 is 6.03 Å². The van der Waals surface area contributed by atoms with Crippen molar-refractivity contribution in [3.05, 3.63) is 0 Å². The molecule has 3 N–H and O–H groups in total. The summed E-state index contributed by atoms with van der Waals surface area (Å²) in [6.07, 6.45) is 4.70. The maximum atomic E-state index is 11.5. The SMILES string of the molecule is CN(CCCCCO)CC(=O)NC(=O)NC1CC1. The van der Waals surface area contributed by atoms with E-state index in [1.54, 1.807) is 0 Å². The van der Waals surface area contributed by atoms with E-state index in [9.17, 15) is 9.59 Å². The molecule has 1 saturated carbocycles. The molecular formula is C12H23N3O3. The molecule has 6 nitrogen and oxygen atoms in total. The number of rotatable bonds is 8. The first-order valence-corrected chi connectivity index (χ1v) is 6.51. The van der Waals surface area contributed by atoms with Crippen molar-refractivity contribution in [3.63, 3.8) is 0 Å². The van der Waals surface area contributed by atoms with Crippen molar-refractivity contribution in [1.29, 1.82) is 0 Å². The molecule has 1 rings (SSSR count). The fourth-order valence-corrected chi connectivity index (χ4v) is 1.61. The van der Waals surface area contributed by atoms with E-state index in [4.69, 9.17) is 5.11 Å². The second-order valence-corrected chi connectivity index (χ2v) is 4.82. The summed E-state index contributed by atoms with van der Waals surface area (Å²) in [7, 11) is 1.84. The Bertz CT molecular complexity index is 280. The number of carbonyl (C=O) groups is 2. The first-order valence-electron chi connectivity index (χ1n) is 6.51. The summed E-state index contributed by atoms with van der Waals surface area (Å²) in [5.74, 6) is -0.280. The van der Waals surface area contributed by atoms with Crippen LogP contribution in [0.2, 0.25) is 0 Å². The summed E-state index contributed by atoms with van der Waals surface area (Å²) in [5, 5.41) is 13.6. The molecule has 0 heterocycles. The number of amides is 3. The van der Waals surface area contributed by atoms with Crippen molar-refractivity contribution in [3.8, 4) is 0 Å². The number of hydrogen-bond acceptors (Lipinski definition) is 4. The van der Waals surface area contributed by atoms with E-state index >= 15 is 0 Å². The number of aliphatic hydroxyl groups excluding tert-OH is 1. The zero-order valence-corrected chi connectivity index (χ0v) is 10.9. The van der Waals surface area contributed by atoms with Crippen LogP contribution in [0.1, 0.15) is 32.1 Å². The van der Waals surface area contributed by atoms with Crippen LogP contribution in [-0.2, 0) is 4.79 Å². The van der Waals surface area contributed by atoms with E-state index in [1.165, 1.54) is 0 Å². The molecule has 0 aliphatic heterocycles. The van der Waals surface area contributed by atoms with Gasteiger partial charge < -0.3 is 10.4 Å². The van der Waals surface area contributed by atoms with Crippen molar-refractivity contribution < 1.29 is 14.7 Å². The Balaban J connectivity index is 2.04. The molecule has 1 aliphatic carbocycles. The van der Waals surface area contributed by atoms with Gasteiger partial charge in [-0.3, -0.25) is 15.0 Å². The highest BCUT2D eigenvalue weighted by molar-refractivity contribution is 5.95. The van der Waals surface area contributed by atoms with Crippen LogP contribution in [0.15, 0.2) is 0 Å². The summed E-state index contributed by atoms with van der Waals surface area (Å²) >= 11 is 0. The minimum atomic E-state index is -0.392. The van der Waals surface area contributed by atoms with E-state index in [-0.39, 0.29) is 25.1 Å². The molecule has 104 valence electrons. The molecular weight excluding hydrogens is 234 g/mol. The zero-order valence-electron chi connectivity index (χ0n) is 10.9. The van der Waals surface area contributed by atoms with Gasteiger partial charge in [0.25, 0.3) is 0 Å². The number of urea groups is 1. The molecule has 0 aromatic carbocycles. The maximum Gasteiger partial charge on any atom is 0.321 e. The third kappa shape index (κ3) is 7.24. The molecule has 1 aliphatic rings. The maximum absolute atomic E-state index is 11.5. The lowest BCUT2D eigenvalue weighted by atomic mass is 10.2. The number of carbonyl (C=O) groups excluding carboxylic acids is 2. The lowest BCUT2D eigenvalue weighted by molar-refractivity contribution is -0.120. The quantitative estimate of drug-likeness (QED) is 0.537. The second kappa shape index (κ2) is 8.05. The molecule has 18 heavy (non-hydrogen) atoms. The molecule has 1 fully saturated rings. The number of nitrogens with zero attached hydrogens (tertiary/aromatic N) is 1. The van der Waals surface area contributed by atoms with Crippen molar-refractivity contribution in [2.24, 2.45) is 0 Å². The summed E-state index contributed by atoms with van der Waals surface area (Å²) in [4.78, 5) is 24.7. The summed E-state index contributed by atoms with van der Waals surface area (Å²) < 4.78 is 0. The molecule has 0 bridgehead atoms. The van der Waals surface area contributed by atoms with Gasteiger partial charge in [-0.05, 0) is 45.7 Å². The molecule has 0 radical (unpaired) electrons. The predicted molar refractivity (Wildman–Crippen MR) is 68.1 cm³/mol. The highest BCUT2D eigenvalue weighted by Crippen LogP contribution is 2.18. The number of unbranched alkanes of at least 4 members (excludes halogenated alkanes) is 2. The minimum Gasteiger partial charge on any atom is -0.396 e. The largest absolute Gasteiger partial charge is 0.396 e. The number of likely N-dealkylation sites (N-methyl/N-ethyl adjacent to an activating group) is 1. The fourth-order valence-electron chi connectivity index (χ4n) is 1.61. The Kier molecular flexibility index (Phi) is 6.67. The third-order valence-electron chi connectivity index (χ3n) is 2.78. The van der Waals surface area contributed by atoms with Gasteiger partial charge in [0.15, 0.2) is 0 Å². The lowest BCUT2D eigenvalue weighted by Gasteiger charge is -2.15. The molecule has 0 aromatic rings. The Morgan fingerprint density at radius 1 is 1.28 bits per heavy atom. The number of imide groups is 1. The summed E-state index contributed by atoms with van der Waals surface area (Å²) in [5.41, 5.74) is 0. The molecule has 6 heteroatoms. The van der Waals surface area contributed by atoms with Gasteiger partial charge in [0.2, 0.25) is 5.91 Å². The second-order valence-electron chi connectivity index (χ2n) is 4.82. The van der Waals surface area contributed by atoms with E-state index < -0.39 is 6.03 Å². The molecule has 3 amide bonds. The first kappa shape index (κ1) is 14.9. The van der Waals surface area contributed by atoms with Gasteiger partial charge in [-0.1, -0.05) is 0 Å². The first-order chi connectivity index (χ1) is 8.61. The normalized spacial score (nSPS) is 14.6. The Hall–Kier alpha value is -1.14. The van der Waals surface area contributed by atoms with Crippen LogP contribution in [0.3, 0.4) is 0 Å². The number of aliphatic hydroxyl groups is 1. The highest BCUT2D eigenvalue weighted by atomic mass is 16.3. The van der Waals surface area contributed by atoms with E-state index in [1.807, 2.05) is 11.9 Å². The van der Waals surface area contributed by atoms with Crippen LogP contribution >= 0.6 is 0 Å². The molecule has 0 atom stereocenters. The average Bonchev–Trinajstić information content (AvgIpc) is 3.07. The van der Waals surface area contributed by atoms with Gasteiger partial charge in [0.1, 0.15) is 0 Å². The monoisotopic (exact) mass is 257 g/mol. The Morgan fingerprint density at radius 3 is 2.61 bits per heavy atom. The van der Waals surface area contributed by atoms with Gasteiger partial charge in [0.05, 0.1) is 6.54 Å². The van der Waals surface area contributed by atoms with Crippen LogP contribution in [0.4, 0.5) is 4.79 Å². The Labute approximate surface area is 108 Å². The molecule has 0 unspecified atom stereocenters. The zero-order chi connectivity index (χ0) is 13.4. The lowest BCUT2D eigenvalue weighted by Crippen LogP contribution is -2.44. The van der Waals surface area contributed by atoms with Crippen molar-refractivity contribution >= 4 is 11.9 Å². The fraction of sp³-hybridized carbons (Fsp3) is 0.833. The van der Waals surface area contributed by atoms with Crippen molar-refractivity contribution in [2.75, 3.05) is 26.7 Å². The minimum absolute atomic E-state index is 0.214. The average molecular weight is 257 g/mol. The van der Waals surface area contributed by atoms with Gasteiger partial charge in [-0.2, -0.15) is 0 Å². The summed E-state index contributed by atoms with van der Waals surface area (Å²) in [6.45, 7) is 1.22. The van der Waals surface area contributed by atoms with Crippen LogP contribution in [0.5, 0.6) is 0 Å².